The number of carbonyl (C=O) groups excluding carboxylic acids is 1. The molecule has 130 valence electrons. The summed E-state index contributed by atoms with van der Waals surface area (Å²) in [6, 6.07) is 7.58. The Morgan fingerprint density at radius 1 is 1.29 bits per heavy atom. The Balaban J connectivity index is 2.22. The molecule has 2 rings (SSSR count). The molecular weight excluding hydrogens is 304 g/mol. The SMILES string of the molecule is CCC(C)N(CC(=O)NC(C)C)Cc1nc2ccccc2c(=O)[nH]1. The minimum Gasteiger partial charge on any atom is -0.353 e. The number of hydrogen-bond donors (Lipinski definition) is 2. The summed E-state index contributed by atoms with van der Waals surface area (Å²) in [6.45, 7) is 8.74. The van der Waals surface area contributed by atoms with Gasteiger partial charge in [-0.2, -0.15) is 0 Å². The van der Waals surface area contributed by atoms with Crippen LogP contribution in [0.3, 0.4) is 0 Å². The van der Waals surface area contributed by atoms with Crippen molar-refractivity contribution in [3.8, 4) is 0 Å². The second-order valence-corrected chi connectivity index (χ2v) is 6.41. The molecule has 0 aliphatic heterocycles. The lowest BCUT2D eigenvalue weighted by Gasteiger charge is -2.27. The van der Waals surface area contributed by atoms with E-state index in [1.807, 2.05) is 36.9 Å². The summed E-state index contributed by atoms with van der Waals surface area (Å²) in [7, 11) is 0. The minimum atomic E-state index is -0.147. The molecule has 0 saturated heterocycles. The average molecular weight is 330 g/mol. The predicted octanol–water partition coefficient (Wildman–Crippen LogP) is 2.05. The number of aromatic nitrogens is 2. The molecule has 1 aromatic carbocycles. The Morgan fingerprint density at radius 2 is 2.00 bits per heavy atom. The van der Waals surface area contributed by atoms with Gasteiger partial charge in [-0.25, -0.2) is 4.98 Å². The topological polar surface area (TPSA) is 78.1 Å². The smallest absolute Gasteiger partial charge is 0.258 e. The average Bonchev–Trinajstić information content (AvgIpc) is 2.52. The highest BCUT2D eigenvalue weighted by Crippen LogP contribution is 2.10. The summed E-state index contributed by atoms with van der Waals surface area (Å²) in [5, 5.41) is 3.48. The van der Waals surface area contributed by atoms with Gasteiger partial charge in [0.1, 0.15) is 5.82 Å². The molecule has 1 unspecified atom stereocenters. The first kappa shape index (κ1) is 18.1. The number of carbonyl (C=O) groups is 1. The van der Waals surface area contributed by atoms with Gasteiger partial charge < -0.3 is 10.3 Å². The first-order valence-corrected chi connectivity index (χ1v) is 8.42. The largest absolute Gasteiger partial charge is 0.353 e. The van der Waals surface area contributed by atoms with Crippen LogP contribution in [0.15, 0.2) is 29.1 Å². The van der Waals surface area contributed by atoms with Crippen LogP contribution in [0.1, 0.15) is 39.9 Å². The van der Waals surface area contributed by atoms with Crippen LogP contribution in [0.5, 0.6) is 0 Å². The first-order chi connectivity index (χ1) is 11.4. The first-order valence-electron chi connectivity index (χ1n) is 8.42. The molecule has 1 aromatic heterocycles. The van der Waals surface area contributed by atoms with Gasteiger partial charge in [-0.05, 0) is 39.3 Å². The van der Waals surface area contributed by atoms with E-state index in [9.17, 15) is 9.59 Å². The second kappa shape index (κ2) is 8.06. The number of aromatic amines is 1. The third kappa shape index (κ3) is 4.64. The molecular formula is C18H26N4O2. The molecule has 24 heavy (non-hydrogen) atoms. The highest BCUT2D eigenvalue weighted by molar-refractivity contribution is 5.78. The highest BCUT2D eigenvalue weighted by atomic mass is 16.2. The molecule has 6 heteroatoms. The van der Waals surface area contributed by atoms with Crippen LogP contribution in [0, 0.1) is 0 Å². The van der Waals surface area contributed by atoms with E-state index in [4.69, 9.17) is 0 Å². The van der Waals surface area contributed by atoms with Gasteiger partial charge in [0.15, 0.2) is 0 Å². The van der Waals surface area contributed by atoms with E-state index >= 15 is 0 Å². The van der Waals surface area contributed by atoms with E-state index in [0.717, 1.165) is 6.42 Å². The van der Waals surface area contributed by atoms with Crippen LogP contribution in [-0.2, 0) is 11.3 Å². The molecule has 2 N–H and O–H groups in total. The molecule has 0 aliphatic rings. The molecule has 1 amide bonds. The third-order valence-corrected chi connectivity index (χ3v) is 4.03. The molecule has 0 fully saturated rings. The maximum atomic E-state index is 12.2. The summed E-state index contributed by atoms with van der Waals surface area (Å²) in [6.07, 6.45) is 0.909. The molecule has 2 aromatic rings. The van der Waals surface area contributed by atoms with Crippen LogP contribution in [-0.4, -0.2) is 39.4 Å². The molecule has 1 atom stereocenters. The lowest BCUT2D eigenvalue weighted by molar-refractivity contribution is -0.123. The van der Waals surface area contributed by atoms with E-state index in [-0.39, 0.29) is 30.1 Å². The number of hydrogen-bond acceptors (Lipinski definition) is 4. The van der Waals surface area contributed by atoms with Crippen molar-refractivity contribution >= 4 is 16.8 Å². The van der Waals surface area contributed by atoms with Crippen LogP contribution < -0.4 is 10.9 Å². The number of benzene rings is 1. The third-order valence-electron chi connectivity index (χ3n) is 4.03. The number of nitrogens with one attached hydrogen (secondary N) is 2. The Bertz CT molecular complexity index is 754. The van der Waals surface area contributed by atoms with Gasteiger partial charge in [-0.1, -0.05) is 19.1 Å². The van der Waals surface area contributed by atoms with Crippen molar-refractivity contribution in [2.24, 2.45) is 0 Å². The van der Waals surface area contributed by atoms with E-state index in [1.165, 1.54) is 0 Å². The van der Waals surface area contributed by atoms with Crippen molar-refractivity contribution in [3.63, 3.8) is 0 Å². The van der Waals surface area contributed by atoms with E-state index in [2.05, 4.69) is 29.1 Å². The Labute approximate surface area is 142 Å². The van der Waals surface area contributed by atoms with E-state index in [1.54, 1.807) is 6.07 Å². The van der Waals surface area contributed by atoms with Crippen molar-refractivity contribution in [1.29, 1.82) is 0 Å². The summed E-state index contributed by atoms with van der Waals surface area (Å²) in [5.41, 5.74) is 0.526. The monoisotopic (exact) mass is 330 g/mol. The van der Waals surface area contributed by atoms with Crippen molar-refractivity contribution in [2.75, 3.05) is 6.54 Å². The fraction of sp³-hybridized carbons (Fsp3) is 0.500. The van der Waals surface area contributed by atoms with Crippen molar-refractivity contribution in [1.82, 2.24) is 20.2 Å². The molecule has 0 radical (unpaired) electrons. The van der Waals surface area contributed by atoms with Crippen LogP contribution in [0.2, 0.25) is 0 Å². The number of H-pyrrole nitrogens is 1. The summed E-state index contributed by atoms with van der Waals surface area (Å²) in [5.74, 6) is 0.560. The quantitative estimate of drug-likeness (QED) is 0.814. The zero-order valence-corrected chi connectivity index (χ0v) is 14.8. The summed E-state index contributed by atoms with van der Waals surface area (Å²) < 4.78 is 0. The van der Waals surface area contributed by atoms with Gasteiger partial charge in [0.05, 0.1) is 24.0 Å². The molecule has 0 spiro atoms. The van der Waals surface area contributed by atoms with Gasteiger partial charge >= 0.3 is 0 Å². The van der Waals surface area contributed by atoms with Crippen molar-refractivity contribution in [3.05, 3.63) is 40.4 Å². The minimum absolute atomic E-state index is 0.0200. The normalized spacial score (nSPS) is 12.8. The Morgan fingerprint density at radius 3 is 2.67 bits per heavy atom. The lowest BCUT2D eigenvalue weighted by atomic mass is 10.2. The van der Waals surface area contributed by atoms with Gasteiger partial charge in [0.25, 0.3) is 5.56 Å². The van der Waals surface area contributed by atoms with E-state index < -0.39 is 0 Å². The fourth-order valence-corrected chi connectivity index (χ4v) is 2.58. The lowest BCUT2D eigenvalue weighted by Crippen LogP contribution is -2.43. The molecule has 0 bridgehead atoms. The zero-order chi connectivity index (χ0) is 17.7. The van der Waals surface area contributed by atoms with Gasteiger partial charge in [-0.15, -0.1) is 0 Å². The van der Waals surface area contributed by atoms with Crippen molar-refractivity contribution in [2.45, 2.75) is 52.7 Å². The highest BCUT2D eigenvalue weighted by Gasteiger charge is 2.18. The number of rotatable bonds is 7. The van der Waals surface area contributed by atoms with E-state index in [0.29, 0.717) is 23.3 Å². The zero-order valence-electron chi connectivity index (χ0n) is 14.8. The molecule has 0 aliphatic carbocycles. The number of fused-ring (bicyclic) bond motifs is 1. The number of amides is 1. The van der Waals surface area contributed by atoms with Crippen LogP contribution in [0.25, 0.3) is 10.9 Å². The second-order valence-electron chi connectivity index (χ2n) is 6.41. The molecule has 1 heterocycles. The fourth-order valence-electron chi connectivity index (χ4n) is 2.58. The van der Waals surface area contributed by atoms with Crippen molar-refractivity contribution < 1.29 is 4.79 Å². The Hall–Kier alpha value is -2.21. The van der Waals surface area contributed by atoms with Gasteiger partial charge in [0.2, 0.25) is 5.91 Å². The maximum absolute atomic E-state index is 12.2. The molecule has 0 saturated carbocycles. The molecule has 6 nitrogen and oxygen atoms in total. The number of para-hydroxylation sites is 1. The van der Waals surface area contributed by atoms with Gasteiger partial charge in [-0.3, -0.25) is 14.5 Å². The van der Waals surface area contributed by atoms with Crippen LogP contribution in [0.4, 0.5) is 0 Å². The maximum Gasteiger partial charge on any atom is 0.258 e. The predicted molar refractivity (Wildman–Crippen MR) is 95.8 cm³/mol. The number of nitrogens with zero attached hydrogens (tertiary/aromatic N) is 2. The summed E-state index contributed by atoms with van der Waals surface area (Å²) in [4.78, 5) is 33.7. The summed E-state index contributed by atoms with van der Waals surface area (Å²) >= 11 is 0. The Kier molecular flexibility index (Phi) is 6.09. The van der Waals surface area contributed by atoms with Crippen LogP contribution >= 0.6 is 0 Å². The van der Waals surface area contributed by atoms with Gasteiger partial charge in [0, 0.05) is 12.1 Å². The standard InChI is InChI=1S/C18H26N4O2/c1-5-13(4)22(11-17(23)19-12(2)3)10-16-20-15-9-7-6-8-14(15)18(24)21-16/h6-9,12-13H,5,10-11H2,1-4H3,(H,19,23)(H,20,21,24).